The van der Waals surface area contributed by atoms with Crippen molar-refractivity contribution in [3.05, 3.63) is 141 Å². The molecule has 0 fully saturated rings. The van der Waals surface area contributed by atoms with Gasteiger partial charge in [-0.15, -0.1) is 0 Å². The Kier molecular flexibility index (Phi) is 21.9. The molecular formula is C51H72N6S3. The maximum Gasteiger partial charge on any atom is 0.166 e. The number of rotatable bonds is 24. The summed E-state index contributed by atoms with van der Waals surface area (Å²) in [6.07, 6.45) is 9.34. The largest absolute Gasteiger partial charge is 0.362 e. The maximum absolute atomic E-state index is 5.83. The fourth-order valence-corrected chi connectivity index (χ4v) is 8.15. The summed E-state index contributed by atoms with van der Waals surface area (Å²) in [6, 6.07) is 31.3. The van der Waals surface area contributed by atoms with Gasteiger partial charge in [-0.3, -0.25) is 0 Å². The molecule has 6 nitrogen and oxygen atoms in total. The highest BCUT2D eigenvalue weighted by Crippen LogP contribution is 2.34. The van der Waals surface area contributed by atoms with Crippen LogP contribution in [0.1, 0.15) is 111 Å². The van der Waals surface area contributed by atoms with Crippen molar-refractivity contribution in [1.29, 1.82) is 0 Å². The number of hydrogen-bond donors (Lipinski definition) is 6. The summed E-state index contributed by atoms with van der Waals surface area (Å²) >= 11 is 17.5. The second kappa shape index (κ2) is 27.0. The van der Waals surface area contributed by atoms with Gasteiger partial charge in [0, 0.05) is 39.3 Å². The van der Waals surface area contributed by atoms with Crippen LogP contribution in [-0.4, -0.2) is 35.0 Å². The number of benzene rings is 4. The summed E-state index contributed by atoms with van der Waals surface area (Å²) in [5, 5.41) is 23.2. The average Bonchev–Trinajstić information content (AvgIpc) is 3.24. The number of nitrogens with one attached hydrogen (secondary N) is 6. The van der Waals surface area contributed by atoms with Gasteiger partial charge in [0.1, 0.15) is 0 Å². The van der Waals surface area contributed by atoms with Crippen molar-refractivity contribution in [2.24, 2.45) is 17.8 Å². The average molecular weight is 865 g/mol. The van der Waals surface area contributed by atoms with Crippen molar-refractivity contribution in [3.8, 4) is 0 Å². The molecule has 0 aliphatic rings. The summed E-state index contributed by atoms with van der Waals surface area (Å²) in [5.41, 5.74) is 12.8. The lowest BCUT2D eigenvalue weighted by Gasteiger charge is -2.29. The molecule has 0 spiro atoms. The van der Waals surface area contributed by atoms with Crippen molar-refractivity contribution in [2.75, 3.05) is 19.6 Å². The van der Waals surface area contributed by atoms with E-state index < -0.39 is 0 Å². The van der Waals surface area contributed by atoms with Crippen LogP contribution in [-0.2, 0) is 58.2 Å². The first-order valence-corrected chi connectivity index (χ1v) is 23.6. The van der Waals surface area contributed by atoms with Crippen LogP contribution in [0.2, 0.25) is 0 Å². The van der Waals surface area contributed by atoms with Crippen molar-refractivity contribution in [1.82, 2.24) is 31.9 Å². The van der Waals surface area contributed by atoms with Crippen LogP contribution >= 0.6 is 36.7 Å². The van der Waals surface area contributed by atoms with Gasteiger partial charge in [-0.25, -0.2) is 0 Å². The van der Waals surface area contributed by atoms with Crippen molar-refractivity contribution < 1.29 is 0 Å². The third-order valence-corrected chi connectivity index (χ3v) is 11.8. The Morgan fingerprint density at radius 1 is 0.350 bits per heavy atom. The van der Waals surface area contributed by atoms with Gasteiger partial charge in [-0.2, -0.15) is 0 Å². The van der Waals surface area contributed by atoms with E-state index >= 15 is 0 Å². The Morgan fingerprint density at radius 2 is 0.583 bits per heavy atom. The SMILES string of the molecule is CC(C)CCc1c(CCNC(=S)NCc2ccccc2)c(CCC(C)C)c(CCNC(=S)NCc2ccccc2)c(CCC(C)C)c1CCNC(=S)NCc1ccccc1. The summed E-state index contributed by atoms with van der Waals surface area (Å²) in [6.45, 7) is 18.5. The summed E-state index contributed by atoms with van der Waals surface area (Å²) < 4.78 is 0. The maximum atomic E-state index is 5.83. The van der Waals surface area contributed by atoms with Gasteiger partial charge in [0.05, 0.1) is 0 Å². The van der Waals surface area contributed by atoms with Crippen LogP contribution in [0.15, 0.2) is 91.0 Å². The van der Waals surface area contributed by atoms with Gasteiger partial charge in [0.25, 0.3) is 0 Å². The summed E-state index contributed by atoms with van der Waals surface area (Å²) in [4.78, 5) is 0. The van der Waals surface area contributed by atoms with E-state index in [-0.39, 0.29) is 0 Å². The van der Waals surface area contributed by atoms with Crippen LogP contribution in [0.4, 0.5) is 0 Å². The van der Waals surface area contributed by atoms with Crippen molar-refractivity contribution >= 4 is 52.0 Å². The Morgan fingerprint density at radius 3 is 0.817 bits per heavy atom. The first kappa shape index (κ1) is 48.6. The highest BCUT2D eigenvalue weighted by Gasteiger charge is 2.24. The first-order valence-electron chi connectivity index (χ1n) is 22.3. The zero-order valence-corrected chi connectivity index (χ0v) is 39.7. The zero-order chi connectivity index (χ0) is 43.1. The minimum atomic E-state index is 0.595. The highest BCUT2D eigenvalue weighted by molar-refractivity contribution is 7.80. The van der Waals surface area contributed by atoms with E-state index in [1.54, 1.807) is 16.7 Å². The van der Waals surface area contributed by atoms with Gasteiger partial charge in [0.2, 0.25) is 0 Å². The summed E-state index contributed by atoms with van der Waals surface area (Å²) in [5.74, 6) is 1.79. The van der Waals surface area contributed by atoms with Gasteiger partial charge in [0.15, 0.2) is 15.3 Å². The van der Waals surface area contributed by atoms with Gasteiger partial charge < -0.3 is 31.9 Å². The van der Waals surface area contributed by atoms with Crippen LogP contribution in [0.5, 0.6) is 0 Å². The van der Waals surface area contributed by atoms with E-state index in [9.17, 15) is 0 Å². The molecule has 0 radical (unpaired) electrons. The lowest BCUT2D eigenvalue weighted by Crippen LogP contribution is -2.37. The molecule has 9 heteroatoms. The van der Waals surface area contributed by atoms with Crippen LogP contribution in [0, 0.1) is 17.8 Å². The molecule has 0 aliphatic heterocycles. The normalized spacial score (nSPS) is 11.2. The molecule has 0 unspecified atom stereocenters. The van der Waals surface area contributed by atoms with Gasteiger partial charge >= 0.3 is 0 Å². The molecule has 0 saturated heterocycles. The third kappa shape index (κ3) is 17.9. The number of thiocarbonyl (C=S) groups is 3. The first-order chi connectivity index (χ1) is 29.0. The molecule has 0 aromatic heterocycles. The fraction of sp³-hybridized carbons (Fsp3) is 0.471. The molecule has 60 heavy (non-hydrogen) atoms. The molecule has 324 valence electrons. The molecule has 0 heterocycles. The summed E-state index contributed by atoms with van der Waals surface area (Å²) in [7, 11) is 0. The third-order valence-electron chi connectivity index (χ3n) is 11.0. The molecule has 0 bridgehead atoms. The topological polar surface area (TPSA) is 72.2 Å². The molecule has 4 aromatic carbocycles. The van der Waals surface area contributed by atoms with Crippen LogP contribution in [0.25, 0.3) is 0 Å². The molecular weight excluding hydrogens is 793 g/mol. The predicted octanol–water partition coefficient (Wildman–Crippen LogP) is 10.1. The molecule has 6 N–H and O–H groups in total. The standard InChI is InChI=1S/C51H72N6S3/c1-37(2)22-25-43-46(28-31-52-49(58)55-34-40-16-10-7-11-17-40)44(26-23-38(3)4)48(30-33-54-51(60)57-36-42-20-14-9-15-21-42)45(27-24-39(5)6)47(43)29-32-53-50(59)56-35-41-18-12-8-13-19-41/h7-21,37-39H,22-36H2,1-6H3,(H2,52,55,58)(H2,53,56,59)(H2,54,57,60). The fourth-order valence-electron chi connectivity index (χ4n) is 7.63. The highest BCUT2D eigenvalue weighted by atomic mass is 32.1. The molecule has 0 aliphatic carbocycles. The van der Waals surface area contributed by atoms with E-state index in [4.69, 9.17) is 36.7 Å². The van der Waals surface area contributed by atoms with E-state index in [1.807, 2.05) is 18.2 Å². The van der Waals surface area contributed by atoms with E-state index in [1.165, 1.54) is 33.4 Å². The zero-order valence-electron chi connectivity index (χ0n) is 37.2. The molecule has 4 rings (SSSR count). The number of hydrogen-bond acceptors (Lipinski definition) is 3. The minimum absolute atomic E-state index is 0.595. The lowest BCUT2D eigenvalue weighted by atomic mass is 9.77. The Hall–Kier alpha value is -4.05. The Balaban J connectivity index is 1.70. The molecule has 0 saturated carbocycles. The van der Waals surface area contributed by atoms with E-state index in [0.717, 1.165) is 77.4 Å². The van der Waals surface area contributed by atoms with Crippen LogP contribution < -0.4 is 31.9 Å². The van der Waals surface area contributed by atoms with Gasteiger partial charge in [-0.05, 0) is 162 Å². The second-order valence-electron chi connectivity index (χ2n) is 17.2. The molecule has 4 aromatic rings. The monoisotopic (exact) mass is 864 g/mol. The predicted molar refractivity (Wildman–Crippen MR) is 269 cm³/mol. The quantitative estimate of drug-likeness (QED) is 0.0387. The Bertz CT molecular complexity index is 1640. The van der Waals surface area contributed by atoms with Crippen LogP contribution in [0.3, 0.4) is 0 Å². The van der Waals surface area contributed by atoms with Crippen molar-refractivity contribution in [2.45, 2.75) is 119 Å². The van der Waals surface area contributed by atoms with E-state index in [0.29, 0.717) is 52.7 Å². The van der Waals surface area contributed by atoms with Gasteiger partial charge in [-0.1, -0.05) is 133 Å². The molecule has 0 amide bonds. The minimum Gasteiger partial charge on any atom is -0.362 e. The smallest absolute Gasteiger partial charge is 0.166 e. The van der Waals surface area contributed by atoms with E-state index in [2.05, 4.69) is 146 Å². The molecule has 0 atom stereocenters. The Labute approximate surface area is 379 Å². The lowest BCUT2D eigenvalue weighted by molar-refractivity contribution is 0.564. The van der Waals surface area contributed by atoms with Crippen molar-refractivity contribution in [3.63, 3.8) is 0 Å². The second-order valence-corrected chi connectivity index (χ2v) is 18.4.